The third-order valence-electron chi connectivity index (χ3n) is 9.24. The molecule has 2 saturated carbocycles. The van der Waals surface area contributed by atoms with Crippen LogP contribution in [0, 0.1) is 11.3 Å². The molecule has 1 aliphatic heterocycles. The highest BCUT2D eigenvalue weighted by Crippen LogP contribution is 2.45. The van der Waals surface area contributed by atoms with Gasteiger partial charge in [-0.15, -0.1) is 6.58 Å². The normalized spacial score (nSPS) is 22.9. The Bertz CT molecular complexity index is 1890. The van der Waals surface area contributed by atoms with Gasteiger partial charge in [-0.25, -0.2) is 18.0 Å². The van der Waals surface area contributed by atoms with E-state index < -0.39 is 85.8 Å². The highest BCUT2D eigenvalue weighted by atomic mass is 32.2. The lowest BCUT2D eigenvalue weighted by Crippen LogP contribution is -2.60. The Kier molecular flexibility index (Phi) is 11.4. The minimum Gasteiger partial charge on any atom is -0.455 e. The van der Waals surface area contributed by atoms with Gasteiger partial charge < -0.3 is 29.7 Å². The lowest BCUT2D eigenvalue weighted by molar-refractivity contribution is -0.143. The maximum absolute atomic E-state index is 14.4. The Morgan fingerprint density at radius 2 is 1.59 bits per heavy atom. The zero-order valence-electron chi connectivity index (χ0n) is 31.3. The molecule has 5 rings (SSSR count). The summed E-state index contributed by atoms with van der Waals surface area (Å²) in [6, 6.07) is 13.2. The van der Waals surface area contributed by atoms with Crippen molar-refractivity contribution >= 4 is 45.6 Å². The molecule has 54 heavy (non-hydrogen) atoms. The average molecular weight is 768 g/mol. The van der Waals surface area contributed by atoms with Crippen molar-refractivity contribution in [3.63, 3.8) is 0 Å². The number of alkyl carbamates (subject to hydrolysis) is 1. The van der Waals surface area contributed by atoms with Gasteiger partial charge >= 0.3 is 12.2 Å². The van der Waals surface area contributed by atoms with Crippen LogP contribution in [0.3, 0.4) is 0 Å². The van der Waals surface area contributed by atoms with Crippen LogP contribution in [0.2, 0.25) is 0 Å². The van der Waals surface area contributed by atoms with Crippen LogP contribution < -0.4 is 25.4 Å². The number of sulfonamides is 1. The van der Waals surface area contributed by atoms with Crippen molar-refractivity contribution < 1.29 is 46.6 Å². The number of rotatable bonds is 12. The van der Waals surface area contributed by atoms with Crippen LogP contribution in [0.4, 0.5) is 15.3 Å². The van der Waals surface area contributed by atoms with Gasteiger partial charge in [-0.3, -0.25) is 24.4 Å². The van der Waals surface area contributed by atoms with Crippen molar-refractivity contribution in [2.24, 2.45) is 11.3 Å². The number of likely N-dealkylation sites (tertiary alicyclic amines) is 1. The van der Waals surface area contributed by atoms with Gasteiger partial charge in [0.1, 0.15) is 35.1 Å². The molecule has 292 valence electrons. The van der Waals surface area contributed by atoms with E-state index in [4.69, 9.17) is 14.2 Å². The van der Waals surface area contributed by atoms with Gasteiger partial charge in [-0.2, -0.15) is 0 Å². The van der Waals surface area contributed by atoms with Gasteiger partial charge in [0.25, 0.3) is 5.91 Å². The Labute approximate surface area is 315 Å². The van der Waals surface area contributed by atoms with Crippen molar-refractivity contribution in [2.45, 2.75) is 102 Å². The van der Waals surface area contributed by atoms with E-state index >= 15 is 0 Å². The second-order valence-corrected chi connectivity index (χ2v) is 17.9. The summed E-state index contributed by atoms with van der Waals surface area (Å²) in [7, 11) is -3.94. The Balaban J connectivity index is 1.38. The van der Waals surface area contributed by atoms with E-state index in [-0.39, 0.29) is 19.4 Å². The third kappa shape index (κ3) is 9.70. The minimum absolute atomic E-state index is 0.0898. The molecule has 2 aromatic rings. The number of benzene rings is 2. The van der Waals surface area contributed by atoms with Crippen molar-refractivity contribution in [1.82, 2.24) is 20.3 Å². The molecule has 3 fully saturated rings. The van der Waals surface area contributed by atoms with Crippen LogP contribution in [-0.4, -0.2) is 84.3 Å². The number of carbonyl (C=O) groups excluding carboxylic acids is 5. The SMILES string of the molecule is C=CC1CC1(NC(=O)C1CC(OC(=O)Nc2ccccc2Oc2ccccc2)CN1C(=O)C(NC(=O)OC(C)(C)C)C(C)(C)C)C(=O)NS(=O)(=O)C1CC1. The van der Waals surface area contributed by atoms with Crippen molar-refractivity contribution in [2.75, 3.05) is 11.9 Å². The fourth-order valence-electron chi connectivity index (χ4n) is 6.20. The first kappa shape index (κ1) is 40.1. The van der Waals surface area contributed by atoms with E-state index in [0.29, 0.717) is 30.0 Å². The van der Waals surface area contributed by atoms with Crippen molar-refractivity contribution in [3.05, 3.63) is 67.3 Å². The summed E-state index contributed by atoms with van der Waals surface area (Å²) in [5, 5.41) is 7.34. The van der Waals surface area contributed by atoms with E-state index in [0.717, 1.165) is 0 Å². The lowest BCUT2D eigenvalue weighted by Gasteiger charge is -2.36. The molecule has 2 aromatic carbocycles. The monoisotopic (exact) mass is 767 g/mol. The summed E-state index contributed by atoms with van der Waals surface area (Å²) in [6.07, 6.45) is -0.511. The summed E-state index contributed by atoms with van der Waals surface area (Å²) in [6.45, 7) is 13.7. The second kappa shape index (κ2) is 15.3. The first-order valence-electron chi connectivity index (χ1n) is 17.8. The van der Waals surface area contributed by atoms with Crippen LogP contribution >= 0.6 is 0 Å². The molecule has 2 aliphatic carbocycles. The Hall–Kier alpha value is -5.12. The summed E-state index contributed by atoms with van der Waals surface area (Å²) in [4.78, 5) is 69.4. The molecule has 4 N–H and O–H groups in total. The molecule has 0 aromatic heterocycles. The van der Waals surface area contributed by atoms with Gasteiger partial charge in [-0.05, 0) is 69.7 Å². The van der Waals surface area contributed by atoms with Crippen molar-refractivity contribution in [1.29, 1.82) is 0 Å². The number of anilines is 1. The molecule has 3 aliphatic rings. The molecular formula is C38H49N5O10S. The quantitative estimate of drug-likeness (QED) is 0.221. The Morgan fingerprint density at radius 1 is 0.944 bits per heavy atom. The van der Waals surface area contributed by atoms with Gasteiger partial charge in [0.15, 0.2) is 5.75 Å². The molecule has 1 saturated heterocycles. The van der Waals surface area contributed by atoms with Gasteiger partial charge in [0.05, 0.1) is 17.5 Å². The fraction of sp³-hybridized carbons (Fsp3) is 0.500. The van der Waals surface area contributed by atoms with Crippen molar-refractivity contribution in [3.8, 4) is 11.5 Å². The minimum atomic E-state index is -3.94. The smallest absolute Gasteiger partial charge is 0.412 e. The van der Waals surface area contributed by atoms with Crippen LogP contribution in [0.15, 0.2) is 67.3 Å². The number of carbonyl (C=O) groups is 5. The summed E-state index contributed by atoms with van der Waals surface area (Å²) < 4.78 is 44.5. The summed E-state index contributed by atoms with van der Waals surface area (Å²) >= 11 is 0. The fourth-order valence-corrected chi connectivity index (χ4v) is 7.56. The number of ether oxygens (including phenoxy) is 3. The lowest BCUT2D eigenvalue weighted by atomic mass is 9.85. The predicted octanol–water partition coefficient (Wildman–Crippen LogP) is 4.61. The largest absolute Gasteiger partial charge is 0.455 e. The van der Waals surface area contributed by atoms with E-state index in [2.05, 4.69) is 27.3 Å². The average Bonchev–Trinajstić information content (AvgIpc) is 4.00. The van der Waals surface area contributed by atoms with Gasteiger partial charge in [0.2, 0.25) is 21.8 Å². The van der Waals surface area contributed by atoms with Crippen LogP contribution in [0.1, 0.15) is 67.2 Å². The first-order chi connectivity index (χ1) is 25.2. The van der Waals surface area contributed by atoms with E-state index in [1.54, 1.807) is 90.1 Å². The number of para-hydroxylation sites is 3. The molecule has 16 heteroatoms. The van der Waals surface area contributed by atoms with Gasteiger partial charge in [0, 0.05) is 12.3 Å². The number of hydrogen-bond donors (Lipinski definition) is 4. The highest BCUT2D eigenvalue weighted by molar-refractivity contribution is 7.91. The summed E-state index contributed by atoms with van der Waals surface area (Å²) in [5.74, 6) is -2.02. The molecule has 5 atom stereocenters. The van der Waals surface area contributed by atoms with Crippen LogP contribution in [0.25, 0.3) is 0 Å². The maximum atomic E-state index is 14.4. The zero-order chi connectivity index (χ0) is 39.6. The molecule has 0 spiro atoms. The molecule has 5 amide bonds. The molecule has 1 heterocycles. The standard InChI is InChI=1S/C38H49N5O10S/c1-8-23-21-38(23,33(46)42-54(49,50)26-18-19-26)41-31(44)28-20-25(22-43(28)32(45)30(36(2,3)4)40-35(48)53-37(5,6)7)52-34(47)39-27-16-12-13-17-29(27)51-24-14-10-9-11-15-24/h8-17,23,25-26,28,30H,1,18-22H2,2-7H3,(H,39,47)(H,40,48)(H,41,44)(H,42,46). The highest BCUT2D eigenvalue weighted by Gasteiger charge is 2.62. The topological polar surface area (TPSA) is 199 Å². The number of nitrogens with zero attached hydrogens (tertiary/aromatic N) is 1. The van der Waals surface area contributed by atoms with E-state index in [9.17, 15) is 32.4 Å². The second-order valence-electron chi connectivity index (χ2n) is 15.9. The molecular weight excluding hydrogens is 719 g/mol. The number of amides is 5. The third-order valence-corrected chi connectivity index (χ3v) is 11.1. The molecule has 15 nitrogen and oxygen atoms in total. The molecule has 5 unspecified atom stereocenters. The summed E-state index contributed by atoms with van der Waals surface area (Å²) in [5.41, 5.74) is -3.06. The van der Waals surface area contributed by atoms with Crippen LogP contribution in [-0.2, 0) is 33.9 Å². The maximum Gasteiger partial charge on any atom is 0.412 e. The first-order valence-corrected chi connectivity index (χ1v) is 19.4. The van der Waals surface area contributed by atoms with Gasteiger partial charge in [-0.1, -0.05) is 57.2 Å². The molecule has 0 radical (unpaired) electrons. The zero-order valence-corrected chi connectivity index (χ0v) is 32.2. The Morgan fingerprint density at radius 3 is 2.19 bits per heavy atom. The van der Waals surface area contributed by atoms with E-state index in [1.165, 1.54) is 11.0 Å². The predicted molar refractivity (Wildman–Crippen MR) is 199 cm³/mol. The molecule has 0 bridgehead atoms. The van der Waals surface area contributed by atoms with E-state index in [1.807, 2.05) is 6.07 Å². The number of nitrogens with one attached hydrogen (secondary N) is 4. The number of hydrogen-bond acceptors (Lipinski definition) is 10. The van der Waals surface area contributed by atoms with Crippen LogP contribution in [0.5, 0.6) is 11.5 Å².